The summed E-state index contributed by atoms with van der Waals surface area (Å²) in [5, 5.41) is 4.31. The number of hydrogen-bond acceptors (Lipinski definition) is 4. The standard InChI is InChI=1S/C73H64N2O2/c1-39-29-51(30-40(2)47(39)9)74(52-31-41(3)48(10)42(4)32-52)63-37-61-69(71-67(63)57-23-15-19-27-65(57)76-71)70-62(73(61)59-25-17-13-21-55(59)56-22-14-18-26-60(56)73)38-64(68-58-24-16-20-28-66(58)77-72(68)70)75(53-33-43(5)49(11)44(6)34-53)54-35-45(7)50(12)46(8)36-54/h13-39,47H,1-12H3. The second-order valence-corrected chi connectivity index (χ2v) is 23.0. The van der Waals surface area contributed by atoms with Crippen LogP contribution in [-0.4, -0.2) is 0 Å². The summed E-state index contributed by atoms with van der Waals surface area (Å²) in [6.07, 6.45) is 4.93. The third kappa shape index (κ3) is 6.51. The van der Waals surface area contributed by atoms with Crippen LogP contribution < -0.4 is 9.80 Å². The number of nitrogens with zero attached hydrogens (tertiary/aromatic N) is 2. The van der Waals surface area contributed by atoms with Crippen LogP contribution in [0.25, 0.3) is 66.1 Å². The molecule has 2 heterocycles. The van der Waals surface area contributed by atoms with Crippen LogP contribution in [0.1, 0.15) is 93.1 Å². The van der Waals surface area contributed by atoms with Crippen molar-refractivity contribution in [3.63, 3.8) is 0 Å². The molecule has 4 nitrogen and oxygen atoms in total. The van der Waals surface area contributed by atoms with Crippen molar-refractivity contribution in [3.8, 4) is 22.3 Å². The van der Waals surface area contributed by atoms with Crippen molar-refractivity contribution in [3.05, 3.63) is 241 Å². The van der Waals surface area contributed by atoms with Gasteiger partial charge in [0.1, 0.15) is 22.3 Å². The first-order valence-corrected chi connectivity index (χ1v) is 27.6. The van der Waals surface area contributed by atoms with E-state index in [1.165, 1.54) is 94.7 Å². The lowest BCUT2D eigenvalue weighted by Gasteiger charge is -2.35. The Balaban J connectivity index is 1.21. The van der Waals surface area contributed by atoms with E-state index in [-0.39, 0.29) is 0 Å². The molecule has 3 aliphatic carbocycles. The first kappa shape index (κ1) is 47.1. The molecule has 3 aliphatic rings. The molecule has 2 unspecified atom stereocenters. The molecule has 0 saturated heterocycles. The highest BCUT2D eigenvalue weighted by atomic mass is 16.3. The Morgan fingerprint density at radius 1 is 0.416 bits per heavy atom. The van der Waals surface area contributed by atoms with Gasteiger partial charge in [0, 0.05) is 44.7 Å². The van der Waals surface area contributed by atoms with Crippen molar-refractivity contribution in [2.75, 3.05) is 9.80 Å². The normalized spacial score (nSPS) is 16.1. The molecule has 0 bridgehead atoms. The van der Waals surface area contributed by atoms with Crippen molar-refractivity contribution >= 4 is 72.3 Å². The van der Waals surface area contributed by atoms with Crippen molar-refractivity contribution in [1.82, 2.24) is 0 Å². The molecule has 9 aromatic carbocycles. The molecule has 0 amide bonds. The van der Waals surface area contributed by atoms with Crippen LogP contribution in [0.2, 0.25) is 0 Å². The Morgan fingerprint density at radius 3 is 1.22 bits per heavy atom. The van der Waals surface area contributed by atoms with Crippen molar-refractivity contribution in [2.24, 2.45) is 11.8 Å². The zero-order chi connectivity index (χ0) is 53.1. The Morgan fingerprint density at radius 2 is 0.792 bits per heavy atom. The Kier molecular flexibility index (Phi) is 10.3. The molecule has 2 aromatic heterocycles. The molecule has 11 aromatic rings. The second-order valence-electron chi connectivity index (χ2n) is 23.0. The summed E-state index contributed by atoms with van der Waals surface area (Å²) in [6.45, 7) is 27.3. The maximum absolute atomic E-state index is 7.57. The van der Waals surface area contributed by atoms with Gasteiger partial charge in [0.25, 0.3) is 0 Å². The quantitative estimate of drug-likeness (QED) is 0.166. The molecule has 0 saturated carbocycles. The SMILES string of the molecule is CC1=CC(N(c2cc(C)c(C)c(C)c2)c2cc3c(c4oc5ccccc5c24)-c2c(cc(N(c4cc(C)c(C)c(C)c4)c4cc(C)c(C)c(C)c4)c4c2oc2ccccc24)C32c3ccccc3-c3ccccc32)=CC(C)C1C. The smallest absolute Gasteiger partial charge is 0.145 e. The number of furan rings is 2. The predicted octanol–water partition coefficient (Wildman–Crippen LogP) is 20.3. The predicted molar refractivity (Wildman–Crippen MR) is 323 cm³/mol. The average Bonchev–Trinajstić information content (AvgIpc) is 3.91. The molecule has 14 rings (SSSR count). The van der Waals surface area contributed by atoms with Crippen LogP contribution in [0, 0.1) is 74.1 Å². The van der Waals surface area contributed by atoms with Crippen LogP contribution in [-0.2, 0) is 5.41 Å². The highest BCUT2D eigenvalue weighted by molar-refractivity contribution is 6.25. The summed E-state index contributed by atoms with van der Waals surface area (Å²) in [5.74, 6) is 0.742. The van der Waals surface area contributed by atoms with Crippen LogP contribution in [0.5, 0.6) is 0 Å². The van der Waals surface area contributed by atoms with E-state index in [2.05, 4.69) is 251 Å². The van der Waals surface area contributed by atoms with Crippen molar-refractivity contribution in [1.29, 1.82) is 0 Å². The number of aryl methyl sites for hydroxylation is 6. The van der Waals surface area contributed by atoms with E-state index < -0.39 is 5.41 Å². The van der Waals surface area contributed by atoms with E-state index in [4.69, 9.17) is 8.83 Å². The average molecular weight is 1000 g/mol. The largest absolute Gasteiger partial charge is 0.455 e. The minimum absolute atomic E-state index is 0.324. The summed E-state index contributed by atoms with van der Waals surface area (Å²) >= 11 is 0. The van der Waals surface area contributed by atoms with Crippen LogP contribution in [0.4, 0.5) is 28.4 Å². The van der Waals surface area contributed by atoms with Crippen LogP contribution >= 0.6 is 0 Å². The molecular weight excluding hydrogens is 937 g/mol. The van der Waals surface area contributed by atoms with E-state index in [9.17, 15) is 0 Å². The van der Waals surface area contributed by atoms with E-state index in [1.54, 1.807) is 0 Å². The second kappa shape index (κ2) is 16.8. The minimum Gasteiger partial charge on any atom is -0.455 e. The zero-order valence-electron chi connectivity index (χ0n) is 46.4. The number of benzene rings is 9. The molecule has 2 atom stereocenters. The van der Waals surface area contributed by atoms with Gasteiger partial charge in [-0.2, -0.15) is 0 Å². The van der Waals surface area contributed by atoms with Crippen molar-refractivity contribution < 1.29 is 8.83 Å². The van der Waals surface area contributed by atoms with Gasteiger partial charge < -0.3 is 18.6 Å². The van der Waals surface area contributed by atoms with E-state index in [0.29, 0.717) is 11.8 Å². The fourth-order valence-electron chi connectivity index (χ4n) is 13.8. The highest BCUT2D eigenvalue weighted by Gasteiger charge is 2.55. The van der Waals surface area contributed by atoms with Gasteiger partial charge in [-0.15, -0.1) is 0 Å². The molecule has 1 spiro atoms. The Labute approximate surface area is 452 Å². The van der Waals surface area contributed by atoms with Crippen molar-refractivity contribution in [2.45, 2.75) is 88.5 Å². The molecule has 4 heteroatoms. The fraction of sp³-hybridized carbons (Fsp3) is 0.205. The summed E-state index contributed by atoms with van der Waals surface area (Å²) in [4.78, 5) is 5.10. The summed E-state index contributed by atoms with van der Waals surface area (Å²) in [7, 11) is 0. The number of fused-ring (bicyclic) bond motifs is 18. The van der Waals surface area contributed by atoms with E-state index in [1.807, 2.05) is 0 Å². The summed E-state index contributed by atoms with van der Waals surface area (Å²) in [6, 6.07) is 55.1. The third-order valence-electron chi connectivity index (χ3n) is 18.8. The van der Waals surface area contributed by atoms with Gasteiger partial charge >= 0.3 is 0 Å². The highest BCUT2D eigenvalue weighted by Crippen LogP contribution is 2.68. The molecule has 378 valence electrons. The molecular formula is C73H64N2O2. The lowest BCUT2D eigenvalue weighted by atomic mass is 9.70. The van der Waals surface area contributed by atoms with Gasteiger partial charge in [0.15, 0.2) is 0 Å². The maximum Gasteiger partial charge on any atom is 0.145 e. The summed E-state index contributed by atoms with van der Waals surface area (Å²) < 4.78 is 15.1. The topological polar surface area (TPSA) is 32.8 Å². The lowest BCUT2D eigenvalue weighted by Crippen LogP contribution is -2.27. The van der Waals surface area contributed by atoms with Crippen LogP contribution in [0.15, 0.2) is 178 Å². The number of rotatable bonds is 6. The monoisotopic (exact) mass is 1000 g/mol. The summed E-state index contributed by atoms with van der Waals surface area (Å²) in [5.41, 5.74) is 31.7. The number of anilines is 5. The number of hydrogen-bond donors (Lipinski definition) is 0. The van der Waals surface area contributed by atoms with Gasteiger partial charge in [-0.1, -0.05) is 110 Å². The maximum atomic E-state index is 7.57. The van der Waals surface area contributed by atoms with Gasteiger partial charge in [-0.25, -0.2) is 0 Å². The Bertz CT molecular complexity index is 4280. The number of allylic oxidation sites excluding steroid dienone is 3. The Hall–Kier alpha value is -8.34. The van der Waals surface area contributed by atoms with Crippen LogP contribution in [0.3, 0.4) is 0 Å². The number of para-hydroxylation sites is 2. The zero-order valence-corrected chi connectivity index (χ0v) is 46.4. The van der Waals surface area contributed by atoms with Gasteiger partial charge in [-0.3, -0.25) is 0 Å². The van der Waals surface area contributed by atoms with E-state index in [0.717, 1.165) is 83.4 Å². The molecule has 0 fully saturated rings. The molecule has 0 aliphatic heterocycles. The molecule has 77 heavy (non-hydrogen) atoms. The van der Waals surface area contributed by atoms with Gasteiger partial charge in [0.2, 0.25) is 0 Å². The molecule has 0 radical (unpaired) electrons. The fourth-order valence-corrected chi connectivity index (χ4v) is 13.8. The van der Waals surface area contributed by atoms with Gasteiger partial charge in [-0.05, 0) is 231 Å². The first-order chi connectivity index (χ1) is 37.1. The lowest BCUT2D eigenvalue weighted by molar-refractivity contribution is 0.518. The van der Waals surface area contributed by atoms with E-state index >= 15 is 0 Å². The third-order valence-corrected chi connectivity index (χ3v) is 18.8. The minimum atomic E-state index is -0.801. The van der Waals surface area contributed by atoms with Gasteiger partial charge in [0.05, 0.1) is 27.6 Å². The molecule has 0 N–H and O–H groups in total. The first-order valence-electron chi connectivity index (χ1n) is 27.6.